The zero-order valence-electron chi connectivity index (χ0n) is 10.4. The van der Waals surface area contributed by atoms with E-state index in [0.717, 1.165) is 16.6 Å². The van der Waals surface area contributed by atoms with Crippen LogP contribution >= 0.6 is 0 Å². The lowest BCUT2D eigenvalue weighted by molar-refractivity contribution is 0.202. The Morgan fingerprint density at radius 1 is 1.28 bits per heavy atom. The van der Waals surface area contributed by atoms with Crippen molar-refractivity contribution in [3.05, 3.63) is 30.5 Å². The van der Waals surface area contributed by atoms with Crippen LogP contribution < -0.4 is 4.90 Å². The molecule has 18 heavy (non-hydrogen) atoms. The summed E-state index contributed by atoms with van der Waals surface area (Å²) in [6.45, 7) is 1.87. The van der Waals surface area contributed by atoms with E-state index in [-0.39, 0.29) is 6.61 Å². The molecule has 0 fully saturated rings. The van der Waals surface area contributed by atoms with Gasteiger partial charge in [0.15, 0.2) is 5.82 Å². The fourth-order valence-corrected chi connectivity index (χ4v) is 1.89. The van der Waals surface area contributed by atoms with E-state index in [1.165, 1.54) is 0 Å². The number of benzene rings is 1. The molecule has 0 aliphatic rings. The molecular formula is C13H17N3O2. The standard InChI is InChI=1S/C13H17N3O2/c1-18-9-7-16(6-8-17)13-12-5-3-2-4-11(12)10-14-15-13/h2-5,10,17H,6-9H2,1H3. The monoisotopic (exact) mass is 247 g/mol. The smallest absolute Gasteiger partial charge is 0.159 e. The number of aromatic nitrogens is 2. The van der Waals surface area contributed by atoms with Gasteiger partial charge in [-0.25, -0.2) is 0 Å². The number of rotatable bonds is 6. The molecule has 1 N–H and O–H groups in total. The summed E-state index contributed by atoms with van der Waals surface area (Å²) in [5.41, 5.74) is 0. The summed E-state index contributed by atoms with van der Waals surface area (Å²) in [5.74, 6) is 0.791. The molecule has 0 amide bonds. The number of aliphatic hydroxyl groups is 1. The highest BCUT2D eigenvalue weighted by Crippen LogP contribution is 2.22. The molecule has 0 aliphatic heterocycles. The predicted molar refractivity (Wildman–Crippen MR) is 70.7 cm³/mol. The minimum absolute atomic E-state index is 0.0780. The highest BCUT2D eigenvalue weighted by molar-refractivity contribution is 5.91. The highest BCUT2D eigenvalue weighted by Gasteiger charge is 2.11. The fraction of sp³-hybridized carbons (Fsp3) is 0.385. The molecule has 0 unspecified atom stereocenters. The zero-order valence-corrected chi connectivity index (χ0v) is 10.4. The maximum atomic E-state index is 9.14. The van der Waals surface area contributed by atoms with Crippen LogP contribution in [0.3, 0.4) is 0 Å². The third-order valence-electron chi connectivity index (χ3n) is 2.79. The Hall–Kier alpha value is -1.72. The molecule has 5 nitrogen and oxygen atoms in total. The summed E-state index contributed by atoms with van der Waals surface area (Å²) >= 11 is 0. The molecule has 0 aliphatic carbocycles. The second-order valence-corrected chi connectivity index (χ2v) is 3.96. The molecule has 0 atom stereocenters. The summed E-state index contributed by atoms with van der Waals surface area (Å²) in [6, 6.07) is 7.96. The maximum Gasteiger partial charge on any atom is 0.159 e. The van der Waals surface area contributed by atoms with Crippen LogP contribution in [0.15, 0.2) is 30.5 Å². The van der Waals surface area contributed by atoms with Gasteiger partial charge in [0.2, 0.25) is 0 Å². The molecule has 0 saturated heterocycles. The molecule has 0 radical (unpaired) electrons. The highest BCUT2D eigenvalue weighted by atomic mass is 16.5. The molecule has 1 aromatic heterocycles. The largest absolute Gasteiger partial charge is 0.395 e. The van der Waals surface area contributed by atoms with Crippen molar-refractivity contribution >= 4 is 16.6 Å². The topological polar surface area (TPSA) is 58.5 Å². The van der Waals surface area contributed by atoms with E-state index in [1.807, 2.05) is 29.2 Å². The van der Waals surface area contributed by atoms with Crippen LogP contribution in [0.25, 0.3) is 10.8 Å². The van der Waals surface area contributed by atoms with Gasteiger partial charge < -0.3 is 14.7 Å². The van der Waals surface area contributed by atoms with Crippen molar-refractivity contribution in [2.75, 3.05) is 38.3 Å². The van der Waals surface area contributed by atoms with E-state index in [4.69, 9.17) is 9.84 Å². The summed E-state index contributed by atoms with van der Waals surface area (Å²) in [6.07, 6.45) is 1.74. The average molecular weight is 247 g/mol. The predicted octanol–water partition coefficient (Wildman–Crippen LogP) is 1.07. The summed E-state index contributed by atoms with van der Waals surface area (Å²) in [7, 11) is 1.66. The number of aliphatic hydroxyl groups excluding tert-OH is 1. The number of nitrogens with zero attached hydrogens (tertiary/aromatic N) is 3. The molecule has 0 spiro atoms. The second-order valence-electron chi connectivity index (χ2n) is 3.96. The number of hydrogen-bond acceptors (Lipinski definition) is 5. The van der Waals surface area contributed by atoms with Gasteiger partial charge in [0, 0.05) is 31.0 Å². The SMILES string of the molecule is COCCN(CCO)c1nncc2ccccc12. The molecule has 96 valence electrons. The first-order valence-corrected chi connectivity index (χ1v) is 5.92. The van der Waals surface area contributed by atoms with Gasteiger partial charge in [0.1, 0.15) is 0 Å². The van der Waals surface area contributed by atoms with Gasteiger partial charge in [0.05, 0.1) is 19.4 Å². The van der Waals surface area contributed by atoms with Crippen molar-refractivity contribution in [3.63, 3.8) is 0 Å². The van der Waals surface area contributed by atoms with E-state index in [0.29, 0.717) is 19.7 Å². The van der Waals surface area contributed by atoms with Crippen LogP contribution in [0.5, 0.6) is 0 Å². The molecule has 2 rings (SSSR count). The van der Waals surface area contributed by atoms with Gasteiger partial charge in [-0.3, -0.25) is 0 Å². The zero-order chi connectivity index (χ0) is 12.8. The fourth-order valence-electron chi connectivity index (χ4n) is 1.89. The van der Waals surface area contributed by atoms with Crippen molar-refractivity contribution < 1.29 is 9.84 Å². The van der Waals surface area contributed by atoms with E-state index >= 15 is 0 Å². The van der Waals surface area contributed by atoms with Crippen molar-refractivity contribution in [2.45, 2.75) is 0 Å². The Labute approximate surface area is 106 Å². The number of anilines is 1. The Balaban J connectivity index is 2.36. The first-order valence-electron chi connectivity index (χ1n) is 5.92. The Kier molecular flexibility index (Phi) is 4.44. The summed E-state index contributed by atoms with van der Waals surface area (Å²) < 4.78 is 5.08. The van der Waals surface area contributed by atoms with Crippen LogP contribution in [0.2, 0.25) is 0 Å². The normalized spacial score (nSPS) is 10.8. The molecule has 2 aromatic rings. The number of fused-ring (bicyclic) bond motifs is 1. The van der Waals surface area contributed by atoms with E-state index in [9.17, 15) is 0 Å². The number of hydrogen-bond donors (Lipinski definition) is 1. The van der Waals surface area contributed by atoms with Crippen molar-refractivity contribution in [3.8, 4) is 0 Å². The van der Waals surface area contributed by atoms with Gasteiger partial charge in [-0.2, -0.15) is 5.10 Å². The quantitative estimate of drug-likeness (QED) is 0.827. The van der Waals surface area contributed by atoms with E-state index in [2.05, 4.69) is 10.2 Å². The summed E-state index contributed by atoms with van der Waals surface area (Å²) in [5, 5.41) is 19.4. The number of methoxy groups -OCH3 is 1. The van der Waals surface area contributed by atoms with Crippen LogP contribution in [0.4, 0.5) is 5.82 Å². The molecule has 1 aromatic carbocycles. The Morgan fingerprint density at radius 2 is 2.11 bits per heavy atom. The minimum atomic E-state index is 0.0780. The Morgan fingerprint density at radius 3 is 2.89 bits per heavy atom. The molecule has 0 saturated carbocycles. The molecule has 5 heteroatoms. The second kappa shape index (κ2) is 6.28. The van der Waals surface area contributed by atoms with Crippen LogP contribution in [-0.2, 0) is 4.74 Å². The molecule has 0 bridgehead atoms. The first-order chi connectivity index (χ1) is 8.86. The van der Waals surface area contributed by atoms with E-state index in [1.54, 1.807) is 13.3 Å². The van der Waals surface area contributed by atoms with Crippen LogP contribution in [0.1, 0.15) is 0 Å². The van der Waals surface area contributed by atoms with Gasteiger partial charge in [-0.15, -0.1) is 5.10 Å². The third-order valence-corrected chi connectivity index (χ3v) is 2.79. The van der Waals surface area contributed by atoms with Crippen molar-refractivity contribution in [2.24, 2.45) is 0 Å². The molecular weight excluding hydrogens is 230 g/mol. The lowest BCUT2D eigenvalue weighted by Crippen LogP contribution is -2.31. The number of ether oxygens (including phenoxy) is 1. The van der Waals surface area contributed by atoms with Crippen LogP contribution in [0, 0.1) is 0 Å². The lowest BCUT2D eigenvalue weighted by atomic mass is 10.2. The van der Waals surface area contributed by atoms with Crippen molar-refractivity contribution in [1.82, 2.24) is 10.2 Å². The Bertz CT molecular complexity index is 499. The summed E-state index contributed by atoms with van der Waals surface area (Å²) in [4.78, 5) is 1.98. The van der Waals surface area contributed by atoms with Crippen molar-refractivity contribution in [1.29, 1.82) is 0 Å². The lowest BCUT2D eigenvalue weighted by Gasteiger charge is -2.23. The van der Waals surface area contributed by atoms with Gasteiger partial charge in [-0.1, -0.05) is 24.3 Å². The molecule has 1 heterocycles. The minimum Gasteiger partial charge on any atom is -0.395 e. The van der Waals surface area contributed by atoms with Crippen LogP contribution in [-0.4, -0.2) is 48.7 Å². The average Bonchev–Trinajstić information content (AvgIpc) is 2.43. The third kappa shape index (κ3) is 2.75. The van der Waals surface area contributed by atoms with Gasteiger partial charge in [0.25, 0.3) is 0 Å². The first kappa shape index (κ1) is 12.7. The van der Waals surface area contributed by atoms with Gasteiger partial charge in [-0.05, 0) is 0 Å². The van der Waals surface area contributed by atoms with Gasteiger partial charge >= 0.3 is 0 Å². The van der Waals surface area contributed by atoms with E-state index < -0.39 is 0 Å². The maximum absolute atomic E-state index is 9.14.